The fourth-order valence-electron chi connectivity index (χ4n) is 0.860. The summed E-state index contributed by atoms with van der Waals surface area (Å²) in [5.74, 6) is 0. The fourth-order valence-corrected chi connectivity index (χ4v) is 0.860. The smallest absolute Gasteiger partial charge is 0.0916 e. The minimum Gasteiger partial charge on any atom is -1.00 e. The number of rotatable bonds is 4. The highest BCUT2D eigenvalue weighted by Gasteiger charge is 2.14. The number of halogens is 1. The summed E-state index contributed by atoms with van der Waals surface area (Å²) in [5.41, 5.74) is 0. The van der Waals surface area contributed by atoms with Crippen molar-refractivity contribution >= 4 is 0 Å². The Morgan fingerprint density at radius 2 is 1.73 bits per heavy atom. The van der Waals surface area contributed by atoms with Gasteiger partial charge in [0.2, 0.25) is 0 Å². The molecule has 0 aromatic rings. The molecule has 0 saturated heterocycles. The van der Waals surface area contributed by atoms with Crippen molar-refractivity contribution in [2.24, 2.45) is 0 Å². The van der Waals surface area contributed by atoms with Gasteiger partial charge in [-0.15, -0.1) is 0 Å². The predicted molar refractivity (Wildman–Crippen MR) is 42.4 cm³/mol. The third-order valence-electron chi connectivity index (χ3n) is 2.29. The third-order valence-corrected chi connectivity index (χ3v) is 2.29. The Balaban J connectivity index is 0. The van der Waals surface area contributed by atoms with Crippen molar-refractivity contribution in [2.75, 3.05) is 26.7 Å². The Morgan fingerprint density at radius 1 is 1.27 bits per heavy atom. The molecule has 0 aliphatic carbocycles. The summed E-state index contributed by atoms with van der Waals surface area (Å²) in [7, 11) is 2.19. The third kappa shape index (κ3) is 5.45. The summed E-state index contributed by atoms with van der Waals surface area (Å²) in [6.45, 7) is 7.57. The van der Waals surface area contributed by atoms with E-state index in [2.05, 4.69) is 27.0 Å². The molecule has 0 saturated carbocycles. The van der Waals surface area contributed by atoms with E-state index in [-0.39, 0.29) is 24.0 Å². The first kappa shape index (κ1) is 13.7. The molecule has 0 N–H and O–H groups in total. The van der Waals surface area contributed by atoms with Gasteiger partial charge in [-0.2, -0.15) is 5.26 Å². The quantitative estimate of drug-likeness (QED) is 0.444. The van der Waals surface area contributed by atoms with Gasteiger partial charge in [-0.25, -0.2) is 0 Å². The normalized spacial score (nSPS) is 10.0. The van der Waals surface area contributed by atoms with Crippen LogP contribution in [0, 0.1) is 11.3 Å². The van der Waals surface area contributed by atoms with Crippen LogP contribution >= 0.6 is 0 Å². The van der Waals surface area contributed by atoms with Crippen LogP contribution in [0.5, 0.6) is 0 Å². The monoisotopic (exact) mass is 268 g/mol. The topological polar surface area (TPSA) is 23.8 Å². The van der Waals surface area contributed by atoms with Gasteiger partial charge in [-0.05, 0) is 13.8 Å². The van der Waals surface area contributed by atoms with Crippen molar-refractivity contribution in [3.05, 3.63) is 0 Å². The van der Waals surface area contributed by atoms with Crippen molar-refractivity contribution in [3.63, 3.8) is 0 Å². The van der Waals surface area contributed by atoms with Crippen LogP contribution in [-0.2, 0) is 0 Å². The molecule has 3 heteroatoms. The van der Waals surface area contributed by atoms with Gasteiger partial charge < -0.3 is 28.5 Å². The molecule has 11 heavy (non-hydrogen) atoms. The predicted octanol–water partition coefficient (Wildman–Crippen LogP) is -1.61. The van der Waals surface area contributed by atoms with Gasteiger partial charge in [-0.3, -0.25) is 0 Å². The SMILES string of the molecule is CC[N+](C)(CC)CCC#N.[I-]. The van der Waals surface area contributed by atoms with E-state index in [1.165, 1.54) is 0 Å². The maximum absolute atomic E-state index is 8.36. The van der Waals surface area contributed by atoms with E-state index in [4.69, 9.17) is 5.26 Å². The molecule has 0 bridgehead atoms. The number of nitrogens with zero attached hydrogens (tertiary/aromatic N) is 2. The molecule has 0 fully saturated rings. The van der Waals surface area contributed by atoms with Crippen LogP contribution in [-0.4, -0.2) is 31.2 Å². The molecule has 0 aromatic carbocycles. The number of quaternary nitrogens is 1. The van der Waals surface area contributed by atoms with E-state index in [1.807, 2.05) is 0 Å². The van der Waals surface area contributed by atoms with Crippen molar-refractivity contribution in [1.29, 1.82) is 5.26 Å². The van der Waals surface area contributed by atoms with Crippen LogP contribution in [0.4, 0.5) is 0 Å². The minimum absolute atomic E-state index is 0. The van der Waals surface area contributed by atoms with Crippen molar-refractivity contribution < 1.29 is 28.5 Å². The summed E-state index contributed by atoms with van der Waals surface area (Å²) in [4.78, 5) is 0. The Morgan fingerprint density at radius 3 is 2.00 bits per heavy atom. The van der Waals surface area contributed by atoms with Gasteiger partial charge >= 0.3 is 0 Å². The molecule has 66 valence electrons. The average molecular weight is 268 g/mol. The van der Waals surface area contributed by atoms with E-state index in [0.29, 0.717) is 6.42 Å². The minimum atomic E-state index is 0. The number of hydrogen-bond donors (Lipinski definition) is 0. The van der Waals surface area contributed by atoms with Crippen LogP contribution < -0.4 is 24.0 Å². The lowest BCUT2D eigenvalue weighted by Gasteiger charge is -2.30. The van der Waals surface area contributed by atoms with Gasteiger partial charge in [0.15, 0.2) is 0 Å². The molecular weight excluding hydrogens is 251 g/mol. The standard InChI is InChI=1S/C8H17N2.HI/c1-4-10(3,5-2)8-6-7-9;/h4-6,8H2,1-3H3;1H/q+1;/p-1. The molecule has 0 aromatic heterocycles. The summed E-state index contributed by atoms with van der Waals surface area (Å²) in [6, 6.07) is 2.18. The molecule has 0 heterocycles. The summed E-state index contributed by atoms with van der Waals surface area (Å²) in [5, 5.41) is 8.36. The fraction of sp³-hybridized carbons (Fsp3) is 0.875. The second kappa shape index (κ2) is 6.86. The van der Waals surface area contributed by atoms with E-state index < -0.39 is 0 Å². The number of nitriles is 1. The first-order valence-corrected chi connectivity index (χ1v) is 3.89. The number of hydrogen-bond acceptors (Lipinski definition) is 1. The first-order chi connectivity index (χ1) is 4.68. The average Bonchev–Trinajstić information content (AvgIpc) is 2.00. The second-order valence-electron chi connectivity index (χ2n) is 2.88. The van der Waals surface area contributed by atoms with Gasteiger partial charge in [0.25, 0.3) is 0 Å². The zero-order chi connectivity index (χ0) is 8.04. The Bertz CT molecular complexity index is 125. The van der Waals surface area contributed by atoms with Gasteiger partial charge in [0, 0.05) is 0 Å². The maximum atomic E-state index is 8.36. The lowest BCUT2D eigenvalue weighted by molar-refractivity contribution is -0.905. The highest BCUT2D eigenvalue weighted by molar-refractivity contribution is 4.67. The molecule has 0 amide bonds. The highest BCUT2D eigenvalue weighted by atomic mass is 127. The highest BCUT2D eigenvalue weighted by Crippen LogP contribution is 2.01. The molecule has 0 unspecified atom stereocenters. The Kier molecular flexibility index (Phi) is 8.58. The largest absolute Gasteiger partial charge is 1.00 e. The van der Waals surface area contributed by atoms with Crippen LogP contribution in [0.1, 0.15) is 20.3 Å². The van der Waals surface area contributed by atoms with Gasteiger partial charge in [0.05, 0.1) is 39.2 Å². The molecule has 0 radical (unpaired) electrons. The summed E-state index contributed by atoms with van der Waals surface area (Å²) in [6.07, 6.45) is 0.679. The van der Waals surface area contributed by atoms with Gasteiger partial charge in [0.1, 0.15) is 0 Å². The van der Waals surface area contributed by atoms with Crippen LogP contribution in [0.15, 0.2) is 0 Å². The van der Waals surface area contributed by atoms with E-state index >= 15 is 0 Å². The first-order valence-electron chi connectivity index (χ1n) is 3.89. The Hall–Kier alpha value is 0.180. The lowest BCUT2D eigenvalue weighted by Crippen LogP contribution is -3.00. The van der Waals surface area contributed by atoms with Crippen molar-refractivity contribution in [1.82, 2.24) is 0 Å². The molecular formula is C8H17IN2. The van der Waals surface area contributed by atoms with Crippen molar-refractivity contribution in [3.8, 4) is 6.07 Å². The summed E-state index contributed by atoms with van der Waals surface area (Å²) >= 11 is 0. The van der Waals surface area contributed by atoms with Crippen LogP contribution in [0.25, 0.3) is 0 Å². The molecule has 0 atom stereocenters. The second-order valence-corrected chi connectivity index (χ2v) is 2.88. The molecule has 0 rings (SSSR count). The zero-order valence-corrected chi connectivity index (χ0v) is 9.76. The van der Waals surface area contributed by atoms with Gasteiger partial charge in [-0.1, -0.05) is 0 Å². The van der Waals surface area contributed by atoms with E-state index in [1.54, 1.807) is 0 Å². The lowest BCUT2D eigenvalue weighted by atomic mass is 10.3. The van der Waals surface area contributed by atoms with Crippen LogP contribution in [0.2, 0.25) is 0 Å². The maximum Gasteiger partial charge on any atom is 0.0916 e. The summed E-state index contributed by atoms with van der Waals surface area (Å²) < 4.78 is 1.02. The Labute approximate surface area is 86.8 Å². The zero-order valence-electron chi connectivity index (χ0n) is 7.60. The molecule has 2 nitrogen and oxygen atoms in total. The van der Waals surface area contributed by atoms with Crippen LogP contribution in [0.3, 0.4) is 0 Å². The van der Waals surface area contributed by atoms with Crippen molar-refractivity contribution in [2.45, 2.75) is 20.3 Å². The molecule has 0 aliphatic rings. The molecule has 0 aliphatic heterocycles. The van der Waals surface area contributed by atoms with E-state index in [9.17, 15) is 0 Å². The van der Waals surface area contributed by atoms with E-state index in [0.717, 1.165) is 24.1 Å². The molecule has 0 spiro atoms.